The van der Waals surface area contributed by atoms with Crippen LogP contribution in [-0.2, 0) is 4.74 Å². The molecule has 8 heteroatoms. The van der Waals surface area contributed by atoms with Gasteiger partial charge in [-0.15, -0.1) is 0 Å². The highest BCUT2D eigenvalue weighted by Crippen LogP contribution is 2.32. The van der Waals surface area contributed by atoms with Crippen LogP contribution in [0.3, 0.4) is 0 Å². The molecule has 108 valence electrons. The molecule has 0 unspecified atom stereocenters. The number of anilines is 1. The number of hydrogen-bond acceptors (Lipinski definition) is 5. The molecular formula is C12H13F2N3O3. The SMILES string of the molecule is COCCN(CCC#N)c1cc(F)cc(F)c1[N+](=O)[O-]. The van der Waals surface area contributed by atoms with Gasteiger partial charge in [0.25, 0.3) is 0 Å². The monoisotopic (exact) mass is 285 g/mol. The van der Waals surface area contributed by atoms with Crippen LogP contribution in [0.2, 0.25) is 0 Å². The van der Waals surface area contributed by atoms with E-state index in [4.69, 9.17) is 10.00 Å². The van der Waals surface area contributed by atoms with Crippen molar-refractivity contribution >= 4 is 11.4 Å². The zero-order valence-electron chi connectivity index (χ0n) is 10.8. The van der Waals surface area contributed by atoms with Gasteiger partial charge in [-0.3, -0.25) is 10.1 Å². The molecule has 0 fully saturated rings. The molecule has 0 aliphatic rings. The fourth-order valence-electron chi connectivity index (χ4n) is 1.71. The highest BCUT2D eigenvalue weighted by atomic mass is 19.1. The first kappa shape index (κ1) is 15.8. The molecule has 0 amide bonds. The summed E-state index contributed by atoms with van der Waals surface area (Å²) in [6, 6.07) is 3.22. The first-order valence-electron chi connectivity index (χ1n) is 5.75. The molecule has 0 saturated carbocycles. The second-order valence-corrected chi connectivity index (χ2v) is 3.90. The molecule has 0 aliphatic carbocycles. The summed E-state index contributed by atoms with van der Waals surface area (Å²) in [6.45, 7) is 0.506. The van der Waals surface area contributed by atoms with Crippen molar-refractivity contribution in [2.24, 2.45) is 0 Å². The minimum atomic E-state index is -1.25. The maximum Gasteiger partial charge on any atom is 0.328 e. The standard InChI is InChI=1S/C12H13F2N3O3/c1-20-6-5-16(4-2-3-15)11-8-9(13)7-10(14)12(11)17(18)19/h7-8H,2,4-6H2,1H3. The summed E-state index contributed by atoms with van der Waals surface area (Å²) in [5.41, 5.74) is -1.000. The van der Waals surface area contributed by atoms with Gasteiger partial charge in [0.1, 0.15) is 11.5 Å². The van der Waals surface area contributed by atoms with Gasteiger partial charge in [-0.2, -0.15) is 9.65 Å². The topological polar surface area (TPSA) is 79.4 Å². The Morgan fingerprint density at radius 3 is 2.70 bits per heavy atom. The van der Waals surface area contributed by atoms with Gasteiger partial charge in [0.2, 0.25) is 5.82 Å². The summed E-state index contributed by atoms with van der Waals surface area (Å²) in [6.07, 6.45) is 0.0685. The van der Waals surface area contributed by atoms with Crippen LogP contribution < -0.4 is 4.90 Å². The maximum atomic E-state index is 13.6. The number of rotatable bonds is 7. The molecule has 0 bridgehead atoms. The van der Waals surface area contributed by atoms with Crippen molar-refractivity contribution in [1.29, 1.82) is 5.26 Å². The number of nitrogens with zero attached hydrogens (tertiary/aromatic N) is 3. The van der Waals surface area contributed by atoms with Crippen LogP contribution in [0, 0.1) is 33.1 Å². The minimum absolute atomic E-state index is 0.0685. The number of nitro groups is 1. The van der Waals surface area contributed by atoms with E-state index < -0.39 is 22.2 Å². The summed E-state index contributed by atoms with van der Waals surface area (Å²) in [4.78, 5) is 11.4. The van der Waals surface area contributed by atoms with Crippen LogP contribution in [0.4, 0.5) is 20.2 Å². The summed E-state index contributed by atoms with van der Waals surface area (Å²) in [7, 11) is 1.43. The van der Waals surface area contributed by atoms with Gasteiger partial charge in [-0.05, 0) is 0 Å². The van der Waals surface area contributed by atoms with E-state index in [-0.39, 0.29) is 31.8 Å². The average molecular weight is 285 g/mol. The van der Waals surface area contributed by atoms with E-state index in [1.54, 1.807) is 0 Å². The van der Waals surface area contributed by atoms with Crippen molar-refractivity contribution < 1.29 is 18.4 Å². The minimum Gasteiger partial charge on any atom is -0.383 e. The molecule has 6 nitrogen and oxygen atoms in total. The van der Waals surface area contributed by atoms with Crippen molar-refractivity contribution in [3.8, 4) is 6.07 Å². The highest BCUT2D eigenvalue weighted by molar-refractivity contribution is 5.64. The predicted octanol–water partition coefficient (Wildman–Crippen LogP) is 2.24. The Kier molecular flexibility index (Phi) is 5.80. The lowest BCUT2D eigenvalue weighted by molar-refractivity contribution is -0.386. The molecule has 0 heterocycles. The Bertz CT molecular complexity index is 531. The molecule has 0 spiro atoms. The van der Waals surface area contributed by atoms with Crippen molar-refractivity contribution in [1.82, 2.24) is 0 Å². The fourth-order valence-corrected chi connectivity index (χ4v) is 1.71. The molecule has 0 N–H and O–H groups in total. The van der Waals surface area contributed by atoms with Crippen molar-refractivity contribution in [3.05, 3.63) is 33.9 Å². The van der Waals surface area contributed by atoms with Crippen LogP contribution in [0.5, 0.6) is 0 Å². The zero-order valence-corrected chi connectivity index (χ0v) is 10.8. The third-order valence-electron chi connectivity index (χ3n) is 2.59. The lowest BCUT2D eigenvalue weighted by Gasteiger charge is -2.23. The summed E-state index contributed by atoms with van der Waals surface area (Å²) in [5, 5.41) is 19.5. The Hall–Kier alpha value is -2.27. The van der Waals surface area contributed by atoms with E-state index in [0.29, 0.717) is 6.07 Å². The van der Waals surface area contributed by atoms with Crippen molar-refractivity contribution in [3.63, 3.8) is 0 Å². The second-order valence-electron chi connectivity index (χ2n) is 3.90. The van der Waals surface area contributed by atoms with E-state index in [1.807, 2.05) is 6.07 Å². The average Bonchev–Trinajstić information content (AvgIpc) is 2.37. The first-order chi connectivity index (χ1) is 9.51. The van der Waals surface area contributed by atoms with Gasteiger partial charge >= 0.3 is 5.69 Å². The predicted molar refractivity (Wildman–Crippen MR) is 67.3 cm³/mol. The van der Waals surface area contributed by atoms with E-state index in [9.17, 15) is 18.9 Å². The van der Waals surface area contributed by atoms with Gasteiger partial charge in [-0.25, -0.2) is 4.39 Å². The number of nitriles is 1. The van der Waals surface area contributed by atoms with Crippen LogP contribution in [0.1, 0.15) is 6.42 Å². The summed E-state index contributed by atoms with van der Waals surface area (Å²) < 4.78 is 31.7. The summed E-state index contributed by atoms with van der Waals surface area (Å²) >= 11 is 0. The fraction of sp³-hybridized carbons (Fsp3) is 0.417. The van der Waals surface area contributed by atoms with Gasteiger partial charge in [0.05, 0.1) is 24.0 Å². The van der Waals surface area contributed by atoms with Crippen LogP contribution in [-0.4, -0.2) is 31.7 Å². The quantitative estimate of drug-likeness (QED) is 0.567. The van der Waals surface area contributed by atoms with Gasteiger partial charge < -0.3 is 9.64 Å². The Morgan fingerprint density at radius 1 is 1.45 bits per heavy atom. The normalized spacial score (nSPS) is 10.1. The Morgan fingerprint density at radius 2 is 2.15 bits per heavy atom. The molecular weight excluding hydrogens is 272 g/mol. The van der Waals surface area contributed by atoms with Crippen molar-refractivity contribution in [2.75, 3.05) is 31.7 Å². The van der Waals surface area contributed by atoms with Crippen LogP contribution >= 0.6 is 0 Å². The van der Waals surface area contributed by atoms with Gasteiger partial charge in [0, 0.05) is 32.3 Å². The smallest absolute Gasteiger partial charge is 0.328 e. The maximum absolute atomic E-state index is 13.6. The molecule has 1 aromatic carbocycles. The molecule has 0 aromatic heterocycles. The van der Waals surface area contributed by atoms with E-state index >= 15 is 0 Å². The van der Waals surface area contributed by atoms with E-state index in [0.717, 1.165) is 6.07 Å². The Balaban J connectivity index is 3.22. The van der Waals surface area contributed by atoms with Gasteiger partial charge in [-0.1, -0.05) is 0 Å². The lowest BCUT2D eigenvalue weighted by atomic mass is 10.2. The number of methoxy groups -OCH3 is 1. The molecule has 0 saturated heterocycles. The largest absolute Gasteiger partial charge is 0.383 e. The molecule has 1 rings (SSSR count). The van der Waals surface area contributed by atoms with Crippen LogP contribution in [0.15, 0.2) is 12.1 Å². The number of halogens is 2. The molecule has 0 aliphatic heterocycles. The third kappa shape index (κ3) is 3.86. The number of hydrogen-bond donors (Lipinski definition) is 0. The number of nitro benzene ring substituents is 1. The molecule has 0 atom stereocenters. The number of benzene rings is 1. The lowest BCUT2D eigenvalue weighted by Crippen LogP contribution is -2.29. The highest BCUT2D eigenvalue weighted by Gasteiger charge is 2.25. The van der Waals surface area contributed by atoms with E-state index in [1.165, 1.54) is 12.0 Å². The zero-order chi connectivity index (χ0) is 15.1. The van der Waals surface area contributed by atoms with Gasteiger partial charge in [0.15, 0.2) is 0 Å². The number of ether oxygens (including phenoxy) is 1. The van der Waals surface area contributed by atoms with Crippen molar-refractivity contribution in [2.45, 2.75) is 6.42 Å². The van der Waals surface area contributed by atoms with E-state index in [2.05, 4.69) is 0 Å². The molecule has 0 radical (unpaired) electrons. The van der Waals surface area contributed by atoms with Crippen LogP contribution in [0.25, 0.3) is 0 Å². The molecule has 1 aromatic rings. The first-order valence-corrected chi connectivity index (χ1v) is 5.75. The third-order valence-corrected chi connectivity index (χ3v) is 2.59. The molecule has 20 heavy (non-hydrogen) atoms. The second kappa shape index (κ2) is 7.35. The Labute approximate surface area is 114 Å². The summed E-state index contributed by atoms with van der Waals surface area (Å²) in [5.74, 6) is -2.16.